The second-order valence-corrected chi connectivity index (χ2v) is 7.94. The fourth-order valence-electron chi connectivity index (χ4n) is 2.02. The molecule has 2 aliphatic heterocycles. The van der Waals surface area contributed by atoms with Crippen LogP contribution in [0.4, 0.5) is 4.79 Å². The van der Waals surface area contributed by atoms with Crippen molar-refractivity contribution in [3.63, 3.8) is 0 Å². The van der Waals surface area contributed by atoms with Crippen molar-refractivity contribution in [1.29, 1.82) is 0 Å². The third-order valence-electron chi connectivity index (χ3n) is 3.00. The molecule has 1 N–H and O–H groups in total. The largest absolute Gasteiger partial charge is 0.442 e. The number of sulfonamides is 1. The van der Waals surface area contributed by atoms with Crippen LogP contribution < -0.4 is 5.32 Å². The molecule has 0 unspecified atom stereocenters. The van der Waals surface area contributed by atoms with Crippen LogP contribution >= 0.6 is 0 Å². The Hall–Kier alpha value is -1.35. The van der Waals surface area contributed by atoms with Crippen LogP contribution in [0.3, 0.4) is 0 Å². The highest BCUT2D eigenvalue weighted by Crippen LogP contribution is 2.22. The van der Waals surface area contributed by atoms with Gasteiger partial charge < -0.3 is 14.8 Å². The molecule has 20 heavy (non-hydrogen) atoms. The molecule has 0 bridgehead atoms. The lowest BCUT2D eigenvalue weighted by molar-refractivity contribution is 0.0602. The van der Waals surface area contributed by atoms with Gasteiger partial charge in [0.2, 0.25) is 16.0 Å². The smallest absolute Gasteiger partial charge is 0.437 e. The van der Waals surface area contributed by atoms with Gasteiger partial charge in [-0.15, -0.1) is 4.99 Å². The number of rotatable bonds is 0. The predicted molar refractivity (Wildman–Crippen MR) is 71.9 cm³/mol. The summed E-state index contributed by atoms with van der Waals surface area (Å²) in [6.07, 6.45) is -0.834. The van der Waals surface area contributed by atoms with Crippen molar-refractivity contribution < 1.29 is 22.7 Å². The molecule has 8 nitrogen and oxygen atoms in total. The number of nitrogens with one attached hydrogen (secondary N) is 1. The summed E-state index contributed by atoms with van der Waals surface area (Å²) in [5, 5.41) is 2.26. The maximum absolute atomic E-state index is 12.2. The molecule has 2 saturated heterocycles. The fraction of sp³-hybridized carbons (Fsp3) is 0.818. The summed E-state index contributed by atoms with van der Waals surface area (Å²) in [6, 6.07) is -0.391. The van der Waals surface area contributed by atoms with Gasteiger partial charge in [0, 0.05) is 7.05 Å². The third kappa shape index (κ3) is 2.88. The van der Waals surface area contributed by atoms with Gasteiger partial charge >= 0.3 is 6.09 Å². The Morgan fingerprint density at radius 1 is 1.45 bits per heavy atom. The van der Waals surface area contributed by atoms with Crippen molar-refractivity contribution in [3.8, 4) is 0 Å². The van der Waals surface area contributed by atoms with Gasteiger partial charge in [0.1, 0.15) is 10.9 Å². The number of carbonyl (C=O) groups is 1. The lowest BCUT2D eigenvalue weighted by Gasteiger charge is -2.34. The first-order chi connectivity index (χ1) is 9.11. The van der Waals surface area contributed by atoms with Crippen LogP contribution in [0.25, 0.3) is 0 Å². The molecule has 0 aliphatic carbocycles. The molecule has 0 spiro atoms. The molecule has 0 aromatic heterocycles. The third-order valence-corrected chi connectivity index (χ3v) is 5.16. The Bertz CT molecular complexity index is 537. The van der Waals surface area contributed by atoms with Crippen LogP contribution in [-0.2, 0) is 19.5 Å². The fourth-order valence-corrected chi connectivity index (χ4v) is 3.59. The molecule has 2 fully saturated rings. The van der Waals surface area contributed by atoms with E-state index in [0.29, 0.717) is 0 Å². The quantitative estimate of drug-likeness (QED) is 0.672. The second-order valence-electron chi connectivity index (χ2n) is 5.75. The Balaban J connectivity index is 2.22. The van der Waals surface area contributed by atoms with E-state index in [2.05, 4.69) is 10.3 Å². The van der Waals surface area contributed by atoms with Crippen LogP contribution in [0.1, 0.15) is 20.8 Å². The van der Waals surface area contributed by atoms with E-state index in [4.69, 9.17) is 9.47 Å². The molecule has 2 heterocycles. The van der Waals surface area contributed by atoms with E-state index in [-0.39, 0.29) is 19.2 Å². The zero-order chi connectivity index (χ0) is 15.1. The number of hydrogen-bond donors (Lipinski definition) is 1. The van der Waals surface area contributed by atoms with E-state index in [0.717, 1.165) is 4.31 Å². The highest BCUT2D eigenvalue weighted by molar-refractivity contribution is 7.90. The van der Waals surface area contributed by atoms with Gasteiger partial charge in [-0.05, 0) is 20.8 Å². The van der Waals surface area contributed by atoms with Gasteiger partial charge in [0.25, 0.3) is 0 Å². The number of aliphatic imine (C=N–C) groups is 1. The lowest BCUT2D eigenvalue weighted by Crippen LogP contribution is -2.61. The summed E-state index contributed by atoms with van der Waals surface area (Å²) >= 11 is 0. The molecule has 2 rings (SSSR count). The van der Waals surface area contributed by atoms with E-state index < -0.39 is 33.0 Å². The first-order valence-corrected chi connectivity index (χ1v) is 7.75. The van der Waals surface area contributed by atoms with Gasteiger partial charge in [-0.1, -0.05) is 0 Å². The number of fused-ring (bicyclic) bond motifs is 1. The minimum Gasteiger partial charge on any atom is -0.442 e. The molecular weight excluding hydrogens is 286 g/mol. The Morgan fingerprint density at radius 2 is 2.10 bits per heavy atom. The summed E-state index contributed by atoms with van der Waals surface area (Å²) in [6.45, 7) is 5.54. The van der Waals surface area contributed by atoms with Gasteiger partial charge in [-0.25, -0.2) is 17.5 Å². The molecule has 114 valence electrons. The van der Waals surface area contributed by atoms with Crippen LogP contribution in [0.5, 0.6) is 0 Å². The Labute approximate surface area is 118 Å². The monoisotopic (exact) mass is 305 g/mol. The topological polar surface area (TPSA) is 97.3 Å². The Morgan fingerprint density at radius 3 is 2.70 bits per heavy atom. The standard InChI is InChI=1S/C11H19N3O5S/c1-11(2,3)19-10(15)13-9-12-7-5-18-6-8(7)20(16,17)14(9)4/h7-8H,5-6H2,1-4H3,(H,12,13,15)/t7-,8+/m0/s1. The minimum atomic E-state index is -3.57. The lowest BCUT2D eigenvalue weighted by atomic mass is 10.2. The average Bonchev–Trinajstić information content (AvgIpc) is 2.72. The van der Waals surface area contributed by atoms with E-state index >= 15 is 0 Å². The van der Waals surface area contributed by atoms with Crippen LogP contribution in [0.15, 0.2) is 4.99 Å². The molecule has 9 heteroatoms. The van der Waals surface area contributed by atoms with Crippen molar-refractivity contribution in [2.45, 2.75) is 37.7 Å². The summed E-state index contributed by atoms with van der Waals surface area (Å²) < 4.78 is 35.7. The number of ether oxygens (including phenoxy) is 2. The number of nitrogens with zero attached hydrogens (tertiary/aromatic N) is 2. The molecule has 2 atom stereocenters. The first kappa shape index (κ1) is 15.0. The van der Waals surface area contributed by atoms with Gasteiger partial charge in [0.15, 0.2) is 0 Å². The van der Waals surface area contributed by atoms with Crippen molar-refractivity contribution in [2.24, 2.45) is 4.99 Å². The van der Waals surface area contributed by atoms with Crippen LogP contribution in [-0.4, -0.2) is 61.9 Å². The number of hydrogen-bond acceptors (Lipinski definition) is 5. The van der Waals surface area contributed by atoms with Gasteiger partial charge in [0.05, 0.1) is 19.3 Å². The predicted octanol–water partition coefficient (Wildman–Crippen LogP) is -0.0903. The summed E-state index contributed by atoms with van der Waals surface area (Å²) in [5.41, 5.74) is -0.688. The zero-order valence-corrected chi connectivity index (χ0v) is 12.7. The molecule has 0 saturated carbocycles. The first-order valence-electron chi connectivity index (χ1n) is 6.25. The van der Waals surface area contributed by atoms with Crippen molar-refractivity contribution in [2.75, 3.05) is 20.3 Å². The van der Waals surface area contributed by atoms with Crippen molar-refractivity contribution in [3.05, 3.63) is 0 Å². The molecule has 1 amide bonds. The summed E-state index contributed by atoms with van der Waals surface area (Å²) in [7, 11) is -2.22. The highest BCUT2D eigenvalue weighted by Gasteiger charge is 2.47. The zero-order valence-electron chi connectivity index (χ0n) is 11.9. The average molecular weight is 305 g/mol. The normalized spacial score (nSPS) is 30.8. The SMILES string of the molecule is CN1/C(=N\C(=O)OC(C)(C)C)N[C@H]2COC[C@H]2S1(=O)=O. The van der Waals surface area contributed by atoms with Gasteiger partial charge in [-0.3, -0.25) is 0 Å². The van der Waals surface area contributed by atoms with E-state index in [1.165, 1.54) is 7.05 Å². The molecule has 2 aliphatic rings. The maximum Gasteiger partial charge on any atom is 0.437 e. The summed E-state index contributed by atoms with van der Waals surface area (Å²) in [4.78, 5) is 15.4. The second kappa shape index (κ2) is 4.88. The molecule has 0 aromatic carbocycles. The van der Waals surface area contributed by atoms with Crippen LogP contribution in [0, 0.1) is 0 Å². The van der Waals surface area contributed by atoms with E-state index in [1.807, 2.05) is 0 Å². The van der Waals surface area contributed by atoms with Crippen molar-refractivity contribution >= 4 is 22.1 Å². The number of guanidine groups is 1. The van der Waals surface area contributed by atoms with E-state index in [1.54, 1.807) is 20.8 Å². The molecular formula is C11H19N3O5S. The number of amides is 1. The molecule has 0 aromatic rings. The number of carbonyl (C=O) groups excluding carboxylic acids is 1. The van der Waals surface area contributed by atoms with Crippen molar-refractivity contribution in [1.82, 2.24) is 9.62 Å². The minimum absolute atomic E-state index is 0.0361. The highest BCUT2D eigenvalue weighted by atomic mass is 32.2. The molecule has 0 radical (unpaired) electrons. The van der Waals surface area contributed by atoms with Gasteiger partial charge in [-0.2, -0.15) is 0 Å². The summed E-state index contributed by atoms with van der Waals surface area (Å²) in [5.74, 6) is -0.0361. The Kier molecular flexibility index (Phi) is 3.67. The van der Waals surface area contributed by atoms with Crippen LogP contribution in [0.2, 0.25) is 0 Å². The van der Waals surface area contributed by atoms with E-state index in [9.17, 15) is 13.2 Å². The maximum atomic E-state index is 12.2.